The minimum atomic E-state index is -0.0474. The summed E-state index contributed by atoms with van der Waals surface area (Å²) in [7, 11) is 0. The van der Waals surface area contributed by atoms with Gasteiger partial charge in [-0.15, -0.1) is 0 Å². The van der Waals surface area contributed by atoms with Gasteiger partial charge in [0.1, 0.15) is 11.5 Å². The average molecular weight is 431 g/mol. The number of benzene rings is 5. The maximum Gasteiger partial charge on any atom is 0.128 e. The fraction of sp³-hybridized carbons (Fsp3) is 0.161. The summed E-state index contributed by atoms with van der Waals surface area (Å²) in [6, 6.07) is 25.1. The van der Waals surface area contributed by atoms with Crippen molar-refractivity contribution in [2.45, 2.75) is 33.1 Å². The number of hydrogen-bond donors (Lipinski definition) is 2. The molecule has 0 aliphatic heterocycles. The molecule has 6 rings (SSSR count). The normalized spacial score (nSPS) is 15.5. The molecule has 0 bridgehead atoms. The first kappa shape index (κ1) is 19.9. The van der Waals surface area contributed by atoms with E-state index in [1.54, 1.807) is 0 Å². The highest BCUT2D eigenvalue weighted by atomic mass is 16.3. The van der Waals surface area contributed by atoms with Crippen molar-refractivity contribution in [3.05, 3.63) is 106 Å². The van der Waals surface area contributed by atoms with Crippen LogP contribution in [0.15, 0.2) is 83.9 Å². The molecule has 0 fully saturated rings. The van der Waals surface area contributed by atoms with Crippen LogP contribution in [0, 0.1) is 6.92 Å². The van der Waals surface area contributed by atoms with Crippen LogP contribution in [-0.2, 0) is 6.42 Å². The Morgan fingerprint density at radius 1 is 0.727 bits per heavy atom. The number of aromatic hydroxyl groups is 2. The van der Waals surface area contributed by atoms with E-state index in [-0.39, 0.29) is 17.4 Å². The quantitative estimate of drug-likeness (QED) is 0.161. The number of phenols is 2. The lowest BCUT2D eigenvalue weighted by Crippen LogP contribution is -2.04. The summed E-state index contributed by atoms with van der Waals surface area (Å²) in [5, 5.41) is 28.9. The number of hydrogen-bond acceptors (Lipinski definition) is 2. The highest BCUT2D eigenvalue weighted by molar-refractivity contribution is 6.08. The van der Waals surface area contributed by atoms with Gasteiger partial charge in [0, 0.05) is 22.3 Å². The molecule has 0 amide bonds. The van der Waals surface area contributed by atoms with Crippen LogP contribution in [0.4, 0.5) is 0 Å². The lowest BCUT2D eigenvalue weighted by Gasteiger charge is -2.23. The molecule has 1 atom stereocenters. The summed E-state index contributed by atoms with van der Waals surface area (Å²) in [5.74, 6) is 0.481. The molecule has 0 spiro atoms. The second kappa shape index (κ2) is 7.11. The summed E-state index contributed by atoms with van der Waals surface area (Å²) < 4.78 is 0. The van der Waals surface area contributed by atoms with Gasteiger partial charge in [-0.05, 0) is 89.7 Å². The van der Waals surface area contributed by atoms with Crippen LogP contribution in [0.3, 0.4) is 0 Å². The zero-order chi connectivity index (χ0) is 22.9. The Hall–Kier alpha value is -3.78. The molecule has 162 valence electrons. The third kappa shape index (κ3) is 2.87. The summed E-state index contributed by atoms with van der Waals surface area (Å²) in [4.78, 5) is 0. The third-order valence-electron chi connectivity index (χ3n) is 7.39. The van der Waals surface area contributed by atoms with Gasteiger partial charge in [-0.2, -0.15) is 0 Å². The van der Waals surface area contributed by atoms with E-state index in [1.807, 2.05) is 31.2 Å². The molecular formula is C31H26O2. The van der Waals surface area contributed by atoms with Gasteiger partial charge >= 0.3 is 0 Å². The minimum absolute atomic E-state index is 0.0474. The molecule has 33 heavy (non-hydrogen) atoms. The van der Waals surface area contributed by atoms with E-state index < -0.39 is 0 Å². The van der Waals surface area contributed by atoms with Crippen molar-refractivity contribution in [1.29, 1.82) is 0 Å². The summed E-state index contributed by atoms with van der Waals surface area (Å²) >= 11 is 0. The van der Waals surface area contributed by atoms with E-state index in [1.165, 1.54) is 22.3 Å². The Morgan fingerprint density at radius 2 is 1.30 bits per heavy atom. The van der Waals surface area contributed by atoms with Crippen LogP contribution in [0.1, 0.15) is 42.0 Å². The fourth-order valence-corrected chi connectivity index (χ4v) is 5.66. The van der Waals surface area contributed by atoms with Crippen LogP contribution in [-0.4, -0.2) is 10.2 Å². The highest BCUT2D eigenvalue weighted by Gasteiger charge is 2.33. The van der Waals surface area contributed by atoms with Crippen molar-refractivity contribution in [1.82, 2.24) is 0 Å². The zero-order valence-corrected chi connectivity index (χ0v) is 19.1. The van der Waals surface area contributed by atoms with Crippen molar-refractivity contribution in [3.63, 3.8) is 0 Å². The van der Waals surface area contributed by atoms with Gasteiger partial charge in [-0.25, -0.2) is 0 Å². The third-order valence-corrected chi connectivity index (χ3v) is 7.39. The van der Waals surface area contributed by atoms with E-state index in [0.717, 1.165) is 39.1 Å². The van der Waals surface area contributed by atoms with E-state index in [2.05, 4.69) is 62.4 Å². The number of allylic oxidation sites excluding steroid dienone is 2. The molecule has 2 nitrogen and oxygen atoms in total. The van der Waals surface area contributed by atoms with Crippen molar-refractivity contribution in [3.8, 4) is 11.5 Å². The van der Waals surface area contributed by atoms with E-state index >= 15 is 0 Å². The average Bonchev–Trinajstić information content (AvgIpc) is 3.20. The highest BCUT2D eigenvalue weighted by Crippen LogP contribution is 2.51. The molecule has 0 aromatic heterocycles. The Morgan fingerprint density at radius 3 is 1.94 bits per heavy atom. The van der Waals surface area contributed by atoms with Crippen LogP contribution >= 0.6 is 0 Å². The smallest absolute Gasteiger partial charge is 0.128 e. The molecule has 0 saturated heterocycles. The second-order valence-corrected chi connectivity index (χ2v) is 9.51. The lowest BCUT2D eigenvalue weighted by atomic mass is 9.82. The molecule has 0 heterocycles. The van der Waals surface area contributed by atoms with E-state index in [9.17, 15) is 10.2 Å². The van der Waals surface area contributed by atoms with E-state index in [0.29, 0.717) is 10.8 Å². The van der Waals surface area contributed by atoms with E-state index in [4.69, 9.17) is 0 Å². The maximum atomic E-state index is 11.7. The fourth-order valence-electron chi connectivity index (χ4n) is 5.66. The summed E-state index contributed by atoms with van der Waals surface area (Å²) in [5.41, 5.74) is 6.65. The second-order valence-electron chi connectivity index (χ2n) is 9.51. The Kier molecular flexibility index (Phi) is 4.28. The van der Waals surface area contributed by atoms with Gasteiger partial charge in [0.15, 0.2) is 0 Å². The van der Waals surface area contributed by atoms with Gasteiger partial charge < -0.3 is 10.2 Å². The van der Waals surface area contributed by atoms with Crippen molar-refractivity contribution >= 4 is 32.3 Å². The first-order valence-corrected chi connectivity index (χ1v) is 11.5. The largest absolute Gasteiger partial charge is 0.507 e. The van der Waals surface area contributed by atoms with Gasteiger partial charge in [0.25, 0.3) is 0 Å². The maximum absolute atomic E-state index is 11.7. The molecule has 5 aromatic rings. The molecule has 0 saturated carbocycles. The van der Waals surface area contributed by atoms with Crippen LogP contribution in [0.25, 0.3) is 32.3 Å². The molecule has 0 radical (unpaired) electrons. The standard InChI is InChI=1S/C31H26O2/c1-17(2)25-14-21-10-6-7-11-24(21)29(25)28-18(3)30(32)26-15-22-12-19-8-4-5-9-20(19)13-23(22)16-27(26)31(28)33/h4-13,15-16,29,32-33H,14H2,1-3H3. The molecule has 1 aliphatic rings. The molecule has 2 heteroatoms. The topological polar surface area (TPSA) is 40.5 Å². The zero-order valence-electron chi connectivity index (χ0n) is 19.1. The first-order valence-electron chi connectivity index (χ1n) is 11.5. The Bertz CT molecular complexity index is 1630. The molecule has 5 aromatic carbocycles. The number of rotatable bonds is 1. The number of fused-ring (bicyclic) bond motifs is 4. The van der Waals surface area contributed by atoms with Crippen molar-refractivity contribution < 1.29 is 10.2 Å². The summed E-state index contributed by atoms with van der Waals surface area (Å²) in [6.07, 6.45) is 0.880. The predicted octanol–water partition coefficient (Wildman–Crippen LogP) is 7.89. The number of phenolic OH excluding ortho intramolecular Hbond substituents is 2. The summed E-state index contributed by atoms with van der Waals surface area (Å²) in [6.45, 7) is 6.21. The van der Waals surface area contributed by atoms with Gasteiger partial charge in [0.05, 0.1) is 0 Å². The van der Waals surface area contributed by atoms with Gasteiger partial charge in [-0.3, -0.25) is 0 Å². The van der Waals surface area contributed by atoms with Gasteiger partial charge in [-0.1, -0.05) is 59.7 Å². The van der Waals surface area contributed by atoms with Crippen LogP contribution in [0.2, 0.25) is 0 Å². The Labute approximate surface area is 193 Å². The molecule has 2 N–H and O–H groups in total. The molecule has 1 unspecified atom stereocenters. The van der Waals surface area contributed by atoms with Crippen molar-refractivity contribution in [2.75, 3.05) is 0 Å². The van der Waals surface area contributed by atoms with Crippen molar-refractivity contribution in [2.24, 2.45) is 0 Å². The first-order chi connectivity index (χ1) is 15.9. The lowest BCUT2D eigenvalue weighted by molar-refractivity contribution is 0.459. The predicted molar refractivity (Wildman–Crippen MR) is 137 cm³/mol. The minimum Gasteiger partial charge on any atom is -0.507 e. The monoisotopic (exact) mass is 430 g/mol. The SMILES string of the molecule is CC(C)=C1Cc2ccccc2C1c1c(C)c(O)c2cc3cc4ccccc4cc3cc2c1O. The Balaban J connectivity index is 1.69. The van der Waals surface area contributed by atoms with Crippen LogP contribution < -0.4 is 0 Å². The van der Waals surface area contributed by atoms with Crippen LogP contribution in [0.5, 0.6) is 11.5 Å². The molecular weight excluding hydrogens is 404 g/mol. The molecule has 1 aliphatic carbocycles. The van der Waals surface area contributed by atoms with Gasteiger partial charge in [0.2, 0.25) is 0 Å².